The van der Waals surface area contributed by atoms with Crippen molar-refractivity contribution in [1.82, 2.24) is 4.90 Å². The zero-order valence-corrected chi connectivity index (χ0v) is 11.5. The molecule has 5 nitrogen and oxygen atoms in total. The first kappa shape index (κ1) is 13.0. The van der Waals surface area contributed by atoms with Crippen LogP contribution in [0.2, 0.25) is 0 Å². The van der Waals surface area contributed by atoms with Crippen LogP contribution in [0.1, 0.15) is 41.6 Å². The second kappa shape index (κ2) is 4.84. The second-order valence-electron chi connectivity index (χ2n) is 5.07. The van der Waals surface area contributed by atoms with E-state index in [4.69, 9.17) is 6.57 Å². The van der Waals surface area contributed by atoms with Gasteiger partial charge in [0.05, 0.1) is 19.0 Å². The monoisotopic (exact) mass is 288 g/mol. The summed E-state index contributed by atoms with van der Waals surface area (Å²) in [5.41, 5.74) is 1.28. The van der Waals surface area contributed by atoms with Gasteiger partial charge in [-0.25, -0.2) is 4.85 Å². The molecule has 2 heterocycles. The minimum Gasteiger partial charge on any atom is -0.325 e. The van der Waals surface area contributed by atoms with E-state index in [9.17, 15) is 14.4 Å². The highest BCUT2D eigenvalue weighted by atomic mass is 32.1. The van der Waals surface area contributed by atoms with E-state index in [0.29, 0.717) is 36.4 Å². The first-order valence-electron chi connectivity index (χ1n) is 6.45. The van der Waals surface area contributed by atoms with Crippen molar-refractivity contribution in [2.45, 2.75) is 38.3 Å². The molecule has 1 atom stereocenters. The Morgan fingerprint density at radius 2 is 2.15 bits per heavy atom. The third-order valence-electron chi connectivity index (χ3n) is 3.85. The van der Waals surface area contributed by atoms with Crippen LogP contribution in [0, 0.1) is 6.57 Å². The summed E-state index contributed by atoms with van der Waals surface area (Å²) in [4.78, 5) is 40.9. The van der Waals surface area contributed by atoms with Crippen molar-refractivity contribution in [2.75, 3.05) is 0 Å². The average molecular weight is 288 g/mol. The number of hydrogen-bond donors (Lipinski definition) is 0. The third-order valence-corrected chi connectivity index (χ3v) is 4.76. The van der Waals surface area contributed by atoms with Crippen LogP contribution >= 0.6 is 11.3 Å². The number of carbonyl (C=O) groups is 3. The Balaban J connectivity index is 1.88. The van der Waals surface area contributed by atoms with Gasteiger partial charge in [0.15, 0.2) is 5.78 Å². The summed E-state index contributed by atoms with van der Waals surface area (Å²) in [7, 11) is 0. The number of thiophene rings is 1. The molecule has 0 aromatic carbocycles. The van der Waals surface area contributed by atoms with Gasteiger partial charge in [0, 0.05) is 24.1 Å². The van der Waals surface area contributed by atoms with Crippen LogP contribution in [-0.2, 0) is 16.1 Å². The maximum Gasteiger partial charge on any atom is 0.254 e. The van der Waals surface area contributed by atoms with Crippen LogP contribution in [0.5, 0.6) is 0 Å². The van der Waals surface area contributed by atoms with Gasteiger partial charge in [0.2, 0.25) is 5.00 Å². The van der Waals surface area contributed by atoms with Crippen molar-refractivity contribution in [1.29, 1.82) is 0 Å². The van der Waals surface area contributed by atoms with Crippen LogP contribution < -0.4 is 0 Å². The fraction of sp³-hybridized carbons (Fsp3) is 0.429. The fourth-order valence-corrected chi connectivity index (χ4v) is 3.67. The molecule has 0 unspecified atom stereocenters. The van der Waals surface area contributed by atoms with Gasteiger partial charge in [-0.2, -0.15) is 11.3 Å². The smallest absolute Gasteiger partial charge is 0.254 e. The van der Waals surface area contributed by atoms with E-state index in [1.54, 1.807) is 5.38 Å². The molecule has 1 fully saturated rings. The van der Waals surface area contributed by atoms with Crippen LogP contribution in [0.3, 0.4) is 0 Å². The Morgan fingerprint density at radius 3 is 2.90 bits per heavy atom. The molecule has 2 aliphatic rings. The molecular weight excluding hydrogens is 276 g/mol. The first-order chi connectivity index (χ1) is 9.61. The molecule has 1 aromatic heterocycles. The van der Waals surface area contributed by atoms with Crippen molar-refractivity contribution in [3.05, 3.63) is 27.9 Å². The molecule has 1 aliphatic carbocycles. The maximum atomic E-state index is 12.4. The van der Waals surface area contributed by atoms with E-state index in [0.717, 1.165) is 5.56 Å². The second-order valence-corrected chi connectivity index (χ2v) is 5.93. The van der Waals surface area contributed by atoms with E-state index in [2.05, 4.69) is 4.85 Å². The predicted octanol–water partition coefficient (Wildman–Crippen LogP) is 2.34. The summed E-state index contributed by atoms with van der Waals surface area (Å²) in [6.45, 7) is 7.42. The molecule has 0 N–H and O–H groups in total. The maximum absolute atomic E-state index is 12.4. The fourth-order valence-electron chi connectivity index (χ4n) is 2.83. The van der Waals surface area contributed by atoms with Gasteiger partial charge in [-0.05, 0) is 18.2 Å². The SMILES string of the molecule is [C-]#[N+]c1scc2c1CN([C@H]1CCCC(=O)CC1=O)C2=O. The number of ketones is 2. The van der Waals surface area contributed by atoms with E-state index in [-0.39, 0.29) is 23.9 Å². The lowest BCUT2D eigenvalue weighted by molar-refractivity contribution is -0.128. The molecule has 1 aromatic rings. The Bertz CT molecular complexity index is 656. The number of fused-ring (bicyclic) bond motifs is 1. The van der Waals surface area contributed by atoms with Gasteiger partial charge in [-0.1, -0.05) is 0 Å². The molecule has 6 heteroatoms. The summed E-state index contributed by atoms with van der Waals surface area (Å²) in [6.07, 6.45) is 1.52. The Hall–Kier alpha value is -2.00. The van der Waals surface area contributed by atoms with Crippen LogP contribution in [-0.4, -0.2) is 28.4 Å². The predicted molar refractivity (Wildman–Crippen MR) is 72.7 cm³/mol. The van der Waals surface area contributed by atoms with E-state index < -0.39 is 6.04 Å². The van der Waals surface area contributed by atoms with E-state index in [1.807, 2.05) is 0 Å². The largest absolute Gasteiger partial charge is 0.325 e. The van der Waals surface area contributed by atoms with Gasteiger partial charge in [-0.15, -0.1) is 0 Å². The van der Waals surface area contributed by atoms with E-state index >= 15 is 0 Å². The Morgan fingerprint density at radius 1 is 1.35 bits per heavy atom. The van der Waals surface area contributed by atoms with Crippen molar-refractivity contribution in [2.24, 2.45) is 0 Å². The van der Waals surface area contributed by atoms with Crippen LogP contribution in [0.15, 0.2) is 5.38 Å². The number of Topliss-reactive ketones (excluding diaryl/α,β-unsaturated/α-hetero) is 2. The highest BCUT2D eigenvalue weighted by Crippen LogP contribution is 2.38. The van der Waals surface area contributed by atoms with Crippen molar-refractivity contribution in [3.63, 3.8) is 0 Å². The summed E-state index contributed by atoms with van der Waals surface area (Å²) in [5.74, 6) is -0.391. The summed E-state index contributed by atoms with van der Waals surface area (Å²) in [6, 6.07) is -0.509. The van der Waals surface area contributed by atoms with Crippen LogP contribution in [0.4, 0.5) is 5.00 Å². The summed E-state index contributed by atoms with van der Waals surface area (Å²) in [5, 5.41) is 2.21. The third kappa shape index (κ3) is 1.95. The molecule has 102 valence electrons. The minimum absolute atomic E-state index is 0.0415. The highest BCUT2D eigenvalue weighted by Gasteiger charge is 2.39. The lowest BCUT2D eigenvalue weighted by atomic mass is 10.1. The first-order valence-corrected chi connectivity index (χ1v) is 7.33. The number of rotatable bonds is 1. The standard InChI is InChI=1S/C14H12N2O3S/c1-15-13-9-6-16(14(19)10(9)7-20-13)11-4-2-3-8(17)5-12(11)18/h7,11H,2-6H2/t11-/m0/s1. The lowest BCUT2D eigenvalue weighted by Crippen LogP contribution is -2.41. The average Bonchev–Trinajstić information content (AvgIpc) is 2.90. The van der Waals surface area contributed by atoms with Gasteiger partial charge >= 0.3 is 0 Å². The van der Waals surface area contributed by atoms with Crippen molar-refractivity contribution >= 4 is 33.8 Å². The molecule has 0 radical (unpaired) electrons. The number of nitrogens with zero attached hydrogens (tertiary/aromatic N) is 2. The summed E-state index contributed by atoms with van der Waals surface area (Å²) < 4.78 is 0. The van der Waals surface area contributed by atoms with Gasteiger partial charge < -0.3 is 4.90 Å². The molecular formula is C14H12N2O3S. The molecule has 0 bridgehead atoms. The van der Waals surface area contributed by atoms with Gasteiger partial charge in [-0.3, -0.25) is 14.4 Å². The molecule has 20 heavy (non-hydrogen) atoms. The molecule has 1 saturated carbocycles. The van der Waals surface area contributed by atoms with E-state index in [1.165, 1.54) is 16.2 Å². The molecule has 3 rings (SSSR count). The van der Waals surface area contributed by atoms with Crippen molar-refractivity contribution < 1.29 is 14.4 Å². The van der Waals surface area contributed by atoms with Crippen molar-refractivity contribution in [3.8, 4) is 0 Å². The zero-order chi connectivity index (χ0) is 14.3. The Labute approximate surface area is 120 Å². The number of carbonyl (C=O) groups excluding carboxylic acids is 3. The lowest BCUT2D eigenvalue weighted by Gasteiger charge is -2.25. The molecule has 1 aliphatic heterocycles. The Kier molecular flexibility index (Phi) is 3.14. The molecule has 0 saturated heterocycles. The van der Waals surface area contributed by atoms with Crippen LogP contribution in [0.25, 0.3) is 4.85 Å². The minimum atomic E-state index is -0.509. The quantitative estimate of drug-likeness (QED) is 0.453. The number of hydrogen-bond acceptors (Lipinski definition) is 4. The molecule has 0 spiro atoms. The molecule has 1 amide bonds. The normalized spacial score (nSPS) is 22.6. The summed E-state index contributed by atoms with van der Waals surface area (Å²) >= 11 is 1.27. The zero-order valence-electron chi connectivity index (χ0n) is 10.7. The van der Waals surface area contributed by atoms with Gasteiger partial charge in [0.25, 0.3) is 5.91 Å². The van der Waals surface area contributed by atoms with Gasteiger partial charge in [0.1, 0.15) is 5.78 Å². The number of amides is 1. The highest BCUT2D eigenvalue weighted by molar-refractivity contribution is 7.14. The topological polar surface area (TPSA) is 58.8 Å².